The second-order valence-electron chi connectivity index (χ2n) is 6.17. The normalized spacial score (nSPS) is 10.8. The average Bonchev–Trinajstić information content (AvgIpc) is 3.37. The van der Waals surface area contributed by atoms with Crippen molar-refractivity contribution in [2.75, 3.05) is 5.32 Å². The van der Waals surface area contributed by atoms with Crippen LogP contribution in [-0.4, -0.2) is 25.7 Å². The molecule has 4 rings (SSSR count). The van der Waals surface area contributed by atoms with E-state index in [1.54, 1.807) is 6.20 Å². The molecule has 1 N–H and O–H groups in total. The van der Waals surface area contributed by atoms with Crippen molar-refractivity contribution in [1.29, 1.82) is 0 Å². The van der Waals surface area contributed by atoms with Crippen molar-refractivity contribution in [1.82, 2.24) is 19.7 Å². The van der Waals surface area contributed by atoms with Gasteiger partial charge in [0.25, 0.3) is 5.91 Å². The molecule has 0 saturated carbocycles. The molecule has 2 heterocycles. The van der Waals surface area contributed by atoms with Gasteiger partial charge in [0.1, 0.15) is 5.01 Å². The first-order valence-electron chi connectivity index (χ1n) is 8.71. The third-order valence-electron chi connectivity index (χ3n) is 3.99. The Morgan fingerprint density at radius 3 is 2.83 bits per heavy atom. The largest absolute Gasteiger partial charge is 0.320 e. The Bertz CT molecular complexity index is 1140. The third-order valence-corrected chi connectivity index (χ3v) is 6.31. The molecule has 0 aliphatic carbocycles. The van der Waals surface area contributed by atoms with Crippen molar-refractivity contribution in [3.05, 3.63) is 81.5 Å². The molecule has 9 heteroatoms. The summed E-state index contributed by atoms with van der Waals surface area (Å²) >= 11 is 8.89. The van der Waals surface area contributed by atoms with E-state index in [9.17, 15) is 4.79 Å². The van der Waals surface area contributed by atoms with Crippen molar-refractivity contribution in [2.24, 2.45) is 0 Å². The van der Waals surface area contributed by atoms with E-state index in [1.165, 1.54) is 23.1 Å². The molecule has 6 nitrogen and oxygen atoms in total. The molecule has 2 aromatic heterocycles. The number of amides is 1. The minimum atomic E-state index is -0.261. The summed E-state index contributed by atoms with van der Waals surface area (Å²) in [6.07, 6.45) is 3.62. The number of carbonyl (C=O) groups is 1. The third kappa shape index (κ3) is 4.84. The van der Waals surface area contributed by atoms with E-state index in [2.05, 4.69) is 20.5 Å². The Balaban J connectivity index is 1.41. The number of aryl methyl sites for hydroxylation is 1. The zero-order valence-electron chi connectivity index (χ0n) is 15.4. The van der Waals surface area contributed by atoms with Crippen LogP contribution in [0.4, 0.5) is 5.69 Å². The number of aromatic nitrogens is 4. The summed E-state index contributed by atoms with van der Waals surface area (Å²) < 4.78 is 1.96. The van der Waals surface area contributed by atoms with Gasteiger partial charge in [0.2, 0.25) is 5.01 Å². The molecule has 1 amide bonds. The fraction of sp³-hybridized carbons (Fsp3) is 0.100. The Kier molecular flexibility index (Phi) is 5.94. The minimum absolute atomic E-state index is 0.261. The van der Waals surface area contributed by atoms with Gasteiger partial charge in [-0.2, -0.15) is 0 Å². The van der Waals surface area contributed by atoms with Crippen LogP contribution >= 0.6 is 34.7 Å². The first-order chi connectivity index (χ1) is 14.1. The van der Waals surface area contributed by atoms with Gasteiger partial charge >= 0.3 is 0 Å². The molecular formula is C20H16ClN5OS2. The fourth-order valence-electron chi connectivity index (χ4n) is 2.57. The van der Waals surface area contributed by atoms with E-state index >= 15 is 0 Å². The number of imidazole rings is 1. The highest BCUT2D eigenvalue weighted by Gasteiger charge is 2.14. The van der Waals surface area contributed by atoms with Gasteiger partial charge in [0.15, 0.2) is 5.16 Å². The van der Waals surface area contributed by atoms with E-state index in [0.717, 1.165) is 27.1 Å². The Morgan fingerprint density at radius 2 is 2.03 bits per heavy atom. The van der Waals surface area contributed by atoms with Gasteiger partial charge in [-0.3, -0.25) is 9.36 Å². The Morgan fingerprint density at radius 1 is 1.21 bits per heavy atom. The summed E-state index contributed by atoms with van der Waals surface area (Å²) in [5, 5.41) is 13.6. The SMILES string of the molecule is Cc1ccc(NC(=O)c2nnc(CSc3nccn3-c3cccc(Cl)c3)s2)cc1. The summed E-state index contributed by atoms with van der Waals surface area (Å²) in [7, 11) is 0. The first-order valence-corrected chi connectivity index (χ1v) is 10.9. The molecule has 0 unspecified atom stereocenters. The van der Waals surface area contributed by atoms with Crippen LogP contribution < -0.4 is 5.32 Å². The van der Waals surface area contributed by atoms with Crippen molar-refractivity contribution in [3.8, 4) is 5.69 Å². The first kappa shape index (κ1) is 19.6. The lowest BCUT2D eigenvalue weighted by Crippen LogP contribution is -2.11. The van der Waals surface area contributed by atoms with Crippen molar-refractivity contribution < 1.29 is 4.79 Å². The molecular weight excluding hydrogens is 426 g/mol. The predicted molar refractivity (Wildman–Crippen MR) is 117 cm³/mol. The van der Waals surface area contributed by atoms with E-state index in [1.807, 2.05) is 66.2 Å². The van der Waals surface area contributed by atoms with Gasteiger partial charge in [-0.1, -0.05) is 58.5 Å². The molecule has 0 fully saturated rings. The van der Waals surface area contributed by atoms with Crippen LogP contribution in [0.25, 0.3) is 5.69 Å². The number of benzene rings is 2. The number of nitrogens with zero attached hydrogens (tertiary/aromatic N) is 4. The minimum Gasteiger partial charge on any atom is -0.320 e. The number of rotatable bonds is 6. The van der Waals surface area contributed by atoms with Crippen LogP contribution in [0.15, 0.2) is 66.1 Å². The lowest BCUT2D eigenvalue weighted by atomic mass is 10.2. The standard InChI is InChI=1S/C20H16ClN5OS2/c1-13-5-7-15(8-6-13)23-18(27)19-25-24-17(29-19)12-28-20-22-9-10-26(20)16-4-2-3-14(21)11-16/h2-11H,12H2,1H3,(H,23,27). The maximum atomic E-state index is 12.4. The molecule has 0 atom stereocenters. The maximum absolute atomic E-state index is 12.4. The second-order valence-corrected chi connectivity index (χ2v) is 8.61. The van der Waals surface area contributed by atoms with Gasteiger partial charge in [-0.05, 0) is 37.3 Å². The quantitative estimate of drug-likeness (QED) is 0.415. The van der Waals surface area contributed by atoms with Crippen LogP contribution in [0.2, 0.25) is 5.02 Å². The molecule has 2 aromatic carbocycles. The molecule has 0 radical (unpaired) electrons. The van der Waals surface area contributed by atoms with Crippen molar-refractivity contribution in [2.45, 2.75) is 17.8 Å². The Labute approximate surface area is 181 Å². The number of halogens is 1. The van der Waals surface area contributed by atoms with Gasteiger partial charge in [0.05, 0.1) is 5.75 Å². The number of thioether (sulfide) groups is 1. The van der Waals surface area contributed by atoms with E-state index in [-0.39, 0.29) is 5.91 Å². The van der Waals surface area contributed by atoms with Crippen LogP contribution in [0.3, 0.4) is 0 Å². The van der Waals surface area contributed by atoms with E-state index in [4.69, 9.17) is 11.6 Å². The lowest BCUT2D eigenvalue weighted by molar-refractivity contribution is 0.102. The van der Waals surface area contributed by atoms with Crippen molar-refractivity contribution >= 4 is 46.3 Å². The second kappa shape index (κ2) is 8.77. The molecule has 0 spiro atoms. The molecule has 29 heavy (non-hydrogen) atoms. The highest BCUT2D eigenvalue weighted by atomic mass is 35.5. The van der Waals surface area contributed by atoms with Crippen molar-refractivity contribution in [3.63, 3.8) is 0 Å². The number of hydrogen-bond donors (Lipinski definition) is 1. The summed E-state index contributed by atoms with van der Waals surface area (Å²) in [5.41, 5.74) is 2.80. The molecule has 0 saturated heterocycles. The Hall–Kier alpha value is -2.68. The van der Waals surface area contributed by atoms with Gasteiger partial charge < -0.3 is 5.32 Å². The zero-order valence-corrected chi connectivity index (χ0v) is 17.8. The van der Waals surface area contributed by atoms with E-state index < -0.39 is 0 Å². The number of hydrogen-bond acceptors (Lipinski definition) is 6. The smallest absolute Gasteiger partial charge is 0.286 e. The monoisotopic (exact) mass is 441 g/mol. The lowest BCUT2D eigenvalue weighted by Gasteiger charge is -2.07. The summed E-state index contributed by atoms with van der Waals surface area (Å²) in [4.78, 5) is 16.8. The maximum Gasteiger partial charge on any atom is 0.286 e. The molecule has 0 bridgehead atoms. The highest BCUT2D eigenvalue weighted by molar-refractivity contribution is 7.98. The van der Waals surface area contributed by atoms with Crippen LogP contribution in [-0.2, 0) is 5.75 Å². The number of carbonyl (C=O) groups excluding carboxylic acids is 1. The van der Waals surface area contributed by atoms with Gasteiger partial charge in [0, 0.05) is 28.8 Å². The molecule has 0 aliphatic heterocycles. The molecule has 0 aliphatic rings. The summed E-state index contributed by atoms with van der Waals surface area (Å²) in [6.45, 7) is 2.00. The summed E-state index contributed by atoms with van der Waals surface area (Å²) in [6, 6.07) is 15.2. The van der Waals surface area contributed by atoms with Gasteiger partial charge in [-0.25, -0.2) is 4.98 Å². The van der Waals surface area contributed by atoms with E-state index in [0.29, 0.717) is 15.8 Å². The van der Waals surface area contributed by atoms with Crippen LogP contribution in [0.1, 0.15) is 20.4 Å². The van der Waals surface area contributed by atoms with Crippen LogP contribution in [0, 0.1) is 6.92 Å². The molecule has 146 valence electrons. The highest BCUT2D eigenvalue weighted by Crippen LogP contribution is 2.26. The topological polar surface area (TPSA) is 72.7 Å². The predicted octanol–water partition coefficient (Wildman–Crippen LogP) is 5.23. The van der Waals surface area contributed by atoms with Gasteiger partial charge in [-0.15, -0.1) is 10.2 Å². The zero-order chi connectivity index (χ0) is 20.2. The summed E-state index contributed by atoms with van der Waals surface area (Å²) in [5.74, 6) is 0.301. The van der Waals surface area contributed by atoms with Crippen LogP contribution in [0.5, 0.6) is 0 Å². The molecule has 4 aromatic rings. The number of nitrogens with one attached hydrogen (secondary N) is 1. The number of anilines is 1. The average molecular weight is 442 g/mol. The fourth-order valence-corrected chi connectivity index (χ4v) is 4.45.